The van der Waals surface area contributed by atoms with Crippen LogP contribution >= 0.6 is 0 Å². The largest absolute Gasteiger partial charge is 0.369 e. The van der Waals surface area contributed by atoms with Crippen molar-refractivity contribution in [3.05, 3.63) is 97.7 Å². The van der Waals surface area contributed by atoms with E-state index in [9.17, 15) is 0 Å². The minimum atomic E-state index is 0.938. The van der Waals surface area contributed by atoms with Gasteiger partial charge in [-0.2, -0.15) is 0 Å². The van der Waals surface area contributed by atoms with Crippen LogP contribution in [0.4, 0.5) is 11.4 Å². The highest BCUT2D eigenvalue weighted by Gasteiger charge is 2.15. The Morgan fingerprint density at radius 1 is 0.719 bits per heavy atom. The van der Waals surface area contributed by atoms with Crippen molar-refractivity contribution < 1.29 is 0 Å². The maximum atomic E-state index is 4.01. The first-order chi connectivity index (χ1) is 15.8. The summed E-state index contributed by atoms with van der Waals surface area (Å²) in [6.45, 7) is 19.6. The second-order valence-electron chi connectivity index (χ2n) is 7.41. The number of nitrogens with one attached hydrogen (secondary N) is 1. The molecule has 4 nitrogen and oxygen atoms in total. The number of allylic oxidation sites excluding steroid dienone is 3. The standard InChI is InChI=1S/C26H34N4.C2H6/c1-3-11-24(4-2)28-18-16-27-17-19-29(25-12-7-5-8-13-25)21-23-30(22-20-28)26-14-9-6-10-15-26;1-2/h3-15,27H,1-2,16-23H2;1-2H3/b24-11+;. The van der Waals surface area contributed by atoms with Gasteiger partial charge in [0.05, 0.1) is 0 Å². The maximum absolute atomic E-state index is 4.01. The average Bonchev–Trinajstić information content (AvgIpc) is 2.85. The number of benzene rings is 2. The molecule has 0 amide bonds. The smallest absolute Gasteiger partial charge is 0.0367 e. The topological polar surface area (TPSA) is 21.8 Å². The number of hydrogen-bond acceptors (Lipinski definition) is 4. The van der Waals surface area contributed by atoms with E-state index >= 15 is 0 Å². The molecule has 0 radical (unpaired) electrons. The predicted octanol–water partition coefficient (Wildman–Crippen LogP) is 5.19. The normalized spacial score (nSPS) is 16.2. The fourth-order valence-corrected chi connectivity index (χ4v) is 3.85. The molecule has 1 aliphatic heterocycles. The molecule has 2 aromatic rings. The molecule has 32 heavy (non-hydrogen) atoms. The molecule has 1 aliphatic rings. The summed E-state index contributed by atoms with van der Waals surface area (Å²) in [4.78, 5) is 7.37. The third kappa shape index (κ3) is 7.93. The second-order valence-corrected chi connectivity index (χ2v) is 7.41. The van der Waals surface area contributed by atoms with Crippen molar-refractivity contribution in [3.8, 4) is 0 Å². The van der Waals surface area contributed by atoms with E-state index in [1.165, 1.54) is 11.4 Å². The lowest BCUT2D eigenvalue weighted by atomic mass is 10.2. The summed E-state index contributed by atoms with van der Waals surface area (Å²) in [6.07, 6.45) is 5.81. The van der Waals surface area contributed by atoms with Crippen molar-refractivity contribution >= 4 is 11.4 Å². The summed E-state index contributed by atoms with van der Waals surface area (Å²) in [6, 6.07) is 21.5. The Morgan fingerprint density at radius 3 is 1.75 bits per heavy atom. The maximum Gasteiger partial charge on any atom is 0.0367 e. The summed E-state index contributed by atoms with van der Waals surface area (Å²) < 4.78 is 0. The molecule has 3 rings (SSSR count). The van der Waals surface area contributed by atoms with Crippen LogP contribution in [0.25, 0.3) is 0 Å². The average molecular weight is 433 g/mol. The van der Waals surface area contributed by atoms with E-state index in [1.54, 1.807) is 0 Å². The molecule has 2 aromatic carbocycles. The van der Waals surface area contributed by atoms with Crippen molar-refractivity contribution in [3.63, 3.8) is 0 Å². The number of hydrogen-bond donors (Lipinski definition) is 1. The molecule has 0 bridgehead atoms. The zero-order chi connectivity index (χ0) is 23.0. The molecule has 172 valence electrons. The van der Waals surface area contributed by atoms with Crippen molar-refractivity contribution in [2.75, 3.05) is 62.2 Å². The van der Waals surface area contributed by atoms with Crippen LogP contribution in [0.3, 0.4) is 0 Å². The molecule has 1 heterocycles. The molecule has 1 saturated heterocycles. The first kappa shape index (κ1) is 25.3. The van der Waals surface area contributed by atoms with Crippen LogP contribution in [0.15, 0.2) is 97.7 Å². The summed E-state index contributed by atoms with van der Waals surface area (Å²) in [7, 11) is 0. The summed E-state index contributed by atoms with van der Waals surface area (Å²) >= 11 is 0. The summed E-state index contributed by atoms with van der Waals surface area (Å²) in [5.41, 5.74) is 3.69. The fourth-order valence-electron chi connectivity index (χ4n) is 3.85. The molecule has 0 spiro atoms. The molecule has 1 N–H and O–H groups in total. The summed E-state index contributed by atoms with van der Waals surface area (Å²) in [5.74, 6) is 0. The van der Waals surface area contributed by atoms with E-state index in [4.69, 9.17) is 0 Å². The lowest BCUT2D eigenvalue weighted by Crippen LogP contribution is -2.44. The number of para-hydroxylation sites is 2. The van der Waals surface area contributed by atoms with Gasteiger partial charge in [-0.25, -0.2) is 0 Å². The molecule has 0 unspecified atom stereocenters. The zero-order valence-corrected chi connectivity index (χ0v) is 19.9. The van der Waals surface area contributed by atoms with E-state index in [1.807, 2.05) is 32.1 Å². The van der Waals surface area contributed by atoms with Crippen LogP contribution in [-0.4, -0.2) is 57.3 Å². The van der Waals surface area contributed by atoms with Crippen LogP contribution < -0.4 is 15.1 Å². The van der Waals surface area contributed by atoms with Gasteiger partial charge in [0, 0.05) is 69.4 Å². The highest BCUT2D eigenvalue weighted by atomic mass is 15.2. The van der Waals surface area contributed by atoms with Gasteiger partial charge >= 0.3 is 0 Å². The molecule has 0 atom stereocenters. The van der Waals surface area contributed by atoms with Gasteiger partial charge in [-0.1, -0.05) is 69.5 Å². The second kappa shape index (κ2) is 14.9. The lowest BCUT2D eigenvalue weighted by molar-refractivity contribution is 0.354. The number of rotatable bonds is 5. The van der Waals surface area contributed by atoms with Gasteiger partial charge in [0.25, 0.3) is 0 Å². The van der Waals surface area contributed by atoms with Gasteiger partial charge in [0.2, 0.25) is 0 Å². The van der Waals surface area contributed by atoms with Crippen LogP contribution in [0, 0.1) is 0 Å². The van der Waals surface area contributed by atoms with Gasteiger partial charge in [0.15, 0.2) is 0 Å². The van der Waals surface area contributed by atoms with Gasteiger partial charge in [0.1, 0.15) is 0 Å². The van der Waals surface area contributed by atoms with Crippen molar-refractivity contribution in [1.82, 2.24) is 10.2 Å². The van der Waals surface area contributed by atoms with E-state index in [-0.39, 0.29) is 0 Å². The van der Waals surface area contributed by atoms with E-state index in [2.05, 4.69) is 93.8 Å². The molecular weight excluding hydrogens is 392 g/mol. The molecule has 0 aromatic heterocycles. The Hall–Kier alpha value is -2.98. The predicted molar refractivity (Wildman–Crippen MR) is 142 cm³/mol. The lowest BCUT2D eigenvalue weighted by Gasteiger charge is -2.34. The number of anilines is 2. The van der Waals surface area contributed by atoms with Gasteiger partial charge in [-0.05, 0) is 36.4 Å². The minimum Gasteiger partial charge on any atom is -0.369 e. The zero-order valence-electron chi connectivity index (χ0n) is 19.9. The first-order valence-electron chi connectivity index (χ1n) is 11.8. The van der Waals surface area contributed by atoms with Crippen molar-refractivity contribution in [2.45, 2.75) is 13.8 Å². The molecule has 0 saturated carbocycles. The van der Waals surface area contributed by atoms with E-state index in [0.717, 1.165) is 58.1 Å². The Bertz CT molecular complexity index is 801. The van der Waals surface area contributed by atoms with Crippen LogP contribution in [0.5, 0.6) is 0 Å². The van der Waals surface area contributed by atoms with Crippen molar-refractivity contribution in [2.24, 2.45) is 0 Å². The molecular formula is C28H40N4. The van der Waals surface area contributed by atoms with Crippen molar-refractivity contribution in [1.29, 1.82) is 0 Å². The van der Waals surface area contributed by atoms with Gasteiger partial charge < -0.3 is 20.0 Å². The summed E-state index contributed by atoms with van der Waals surface area (Å²) in [5, 5.41) is 3.61. The number of nitrogens with zero attached hydrogens (tertiary/aromatic N) is 3. The van der Waals surface area contributed by atoms with Crippen LogP contribution in [-0.2, 0) is 0 Å². The SMILES string of the molecule is C=C/C=C(\C=C)N1CCNCCN(c2ccccc2)CCN(c2ccccc2)CC1.CC. The third-order valence-corrected chi connectivity index (χ3v) is 5.50. The first-order valence-corrected chi connectivity index (χ1v) is 11.8. The highest BCUT2D eigenvalue weighted by molar-refractivity contribution is 5.49. The fraction of sp³-hybridized carbons (Fsp3) is 0.357. The molecule has 1 fully saturated rings. The van der Waals surface area contributed by atoms with Gasteiger partial charge in [-0.15, -0.1) is 0 Å². The minimum absolute atomic E-state index is 0.938. The Labute approximate surface area is 195 Å². The third-order valence-electron chi connectivity index (χ3n) is 5.50. The van der Waals surface area contributed by atoms with Crippen LogP contribution in [0.1, 0.15) is 13.8 Å². The van der Waals surface area contributed by atoms with E-state index in [0.29, 0.717) is 0 Å². The Kier molecular flexibility index (Phi) is 11.8. The highest BCUT2D eigenvalue weighted by Crippen LogP contribution is 2.17. The Morgan fingerprint density at radius 2 is 1.22 bits per heavy atom. The van der Waals surface area contributed by atoms with Crippen LogP contribution in [0.2, 0.25) is 0 Å². The Balaban J connectivity index is 0.00000176. The van der Waals surface area contributed by atoms with Gasteiger partial charge in [-0.3, -0.25) is 0 Å². The quantitative estimate of drug-likeness (QED) is 0.657. The van der Waals surface area contributed by atoms with E-state index < -0.39 is 0 Å². The monoisotopic (exact) mass is 432 g/mol. The molecule has 4 heteroatoms. The molecule has 0 aliphatic carbocycles.